The molecule has 12 heteroatoms. The minimum absolute atomic E-state index is 0.0417. The lowest BCUT2D eigenvalue weighted by molar-refractivity contribution is -0.144. The Labute approximate surface area is 258 Å². The van der Waals surface area contributed by atoms with E-state index < -0.39 is 17.9 Å². The fourth-order valence-electron chi connectivity index (χ4n) is 4.75. The number of hydrogen-bond acceptors (Lipinski definition) is 9. The number of piperidine rings is 1. The minimum atomic E-state index is -0.737. The Bertz CT molecular complexity index is 1310. The molecule has 1 saturated heterocycles. The summed E-state index contributed by atoms with van der Waals surface area (Å²) in [7, 11) is 0. The number of nitrogens with two attached hydrogens (primary N) is 1. The van der Waals surface area contributed by atoms with Crippen LogP contribution >= 0.6 is 0 Å². The molecule has 1 aliphatic heterocycles. The quantitative estimate of drug-likeness (QED) is 0.134. The van der Waals surface area contributed by atoms with Gasteiger partial charge >= 0.3 is 11.9 Å². The summed E-state index contributed by atoms with van der Waals surface area (Å²) >= 11 is 0. The van der Waals surface area contributed by atoms with E-state index in [2.05, 4.69) is 5.32 Å². The number of amides is 1. The van der Waals surface area contributed by atoms with Gasteiger partial charge in [-0.1, -0.05) is 12.1 Å². The topological polar surface area (TPSA) is 177 Å². The molecule has 0 spiro atoms. The van der Waals surface area contributed by atoms with Crippen molar-refractivity contribution in [3.63, 3.8) is 0 Å². The summed E-state index contributed by atoms with van der Waals surface area (Å²) in [4.78, 5) is 39.5. The van der Waals surface area contributed by atoms with Gasteiger partial charge in [-0.25, -0.2) is 0 Å². The van der Waals surface area contributed by atoms with Crippen LogP contribution in [0.1, 0.15) is 67.9 Å². The number of carbonyl (C=O) groups excluding carboxylic acids is 3. The Morgan fingerprint density at radius 1 is 0.977 bits per heavy atom. The van der Waals surface area contributed by atoms with Crippen LogP contribution in [0.15, 0.2) is 42.5 Å². The second kappa shape index (κ2) is 16.9. The zero-order valence-corrected chi connectivity index (χ0v) is 25.6. The van der Waals surface area contributed by atoms with Crippen LogP contribution in [0.3, 0.4) is 0 Å². The van der Waals surface area contributed by atoms with E-state index in [1.165, 1.54) is 0 Å². The molecule has 2 aromatic carbocycles. The van der Waals surface area contributed by atoms with Gasteiger partial charge in [-0.05, 0) is 63.1 Å². The number of nitrogens with zero attached hydrogens (tertiary/aromatic N) is 1. The second-order valence-corrected chi connectivity index (χ2v) is 10.4. The van der Waals surface area contributed by atoms with Crippen molar-refractivity contribution in [2.45, 2.75) is 65.0 Å². The summed E-state index contributed by atoms with van der Waals surface area (Å²) in [5, 5.41) is 18.4. The minimum Gasteiger partial charge on any atom is -0.491 e. The fourth-order valence-corrected chi connectivity index (χ4v) is 4.75. The lowest BCUT2D eigenvalue weighted by Crippen LogP contribution is -2.41. The summed E-state index contributed by atoms with van der Waals surface area (Å²) in [6.07, 6.45) is 2.01. The van der Waals surface area contributed by atoms with E-state index in [0.29, 0.717) is 40.4 Å². The van der Waals surface area contributed by atoms with Crippen molar-refractivity contribution in [3.05, 3.63) is 59.2 Å². The van der Waals surface area contributed by atoms with Gasteiger partial charge < -0.3 is 34.9 Å². The Morgan fingerprint density at radius 2 is 1.61 bits per heavy atom. The van der Waals surface area contributed by atoms with Crippen LogP contribution in [0.25, 0.3) is 0 Å². The largest absolute Gasteiger partial charge is 0.491 e. The van der Waals surface area contributed by atoms with Gasteiger partial charge in [0.05, 0.1) is 31.5 Å². The number of nitrogens with one attached hydrogen (secondary N) is 3. The van der Waals surface area contributed by atoms with Gasteiger partial charge in [0.15, 0.2) is 0 Å². The van der Waals surface area contributed by atoms with Crippen LogP contribution < -0.4 is 20.5 Å². The van der Waals surface area contributed by atoms with Gasteiger partial charge in [-0.2, -0.15) is 0 Å². The van der Waals surface area contributed by atoms with E-state index in [-0.39, 0.29) is 50.6 Å². The zero-order valence-electron chi connectivity index (χ0n) is 25.6. The highest BCUT2D eigenvalue weighted by Crippen LogP contribution is 2.24. The first kappa shape index (κ1) is 33.9. The maximum Gasteiger partial charge on any atom is 0.307 e. The van der Waals surface area contributed by atoms with Crippen LogP contribution in [0, 0.1) is 10.8 Å². The molecule has 3 rings (SSSR count). The van der Waals surface area contributed by atoms with Crippen LogP contribution in [-0.2, 0) is 25.5 Å². The summed E-state index contributed by atoms with van der Waals surface area (Å²) in [6.45, 7) is 7.17. The molecule has 0 aliphatic carbocycles. The van der Waals surface area contributed by atoms with E-state index in [0.717, 1.165) is 25.9 Å². The summed E-state index contributed by atoms with van der Waals surface area (Å²) in [6, 6.07) is 11.1. The van der Waals surface area contributed by atoms with E-state index in [1.54, 1.807) is 63.2 Å². The molecule has 0 aromatic heterocycles. The van der Waals surface area contributed by atoms with Crippen molar-refractivity contribution in [2.75, 3.05) is 32.9 Å². The lowest BCUT2D eigenvalue weighted by atomic mass is 10.0. The summed E-state index contributed by atoms with van der Waals surface area (Å²) in [5.74, 6) is 0.207. The number of carbonyl (C=O) groups is 3. The van der Waals surface area contributed by atoms with Gasteiger partial charge in [-0.3, -0.25) is 25.2 Å². The molecule has 12 nitrogen and oxygen atoms in total. The number of esters is 2. The van der Waals surface area contributed by atoms with Gasteiger partial charge in [0, 0.05) is 43.5 Å². The van der Waals surface area contributed by atoms with Crippen molar-refractivity contribution in [1.29, 1.82) is 10.8 Å². The predicted octanol–water partition coefficient (Wildman–Crippen LogP) is 3.44. The molecule has 1 fully saturated rings. The highest BCUT2D eigenvalue weighted by Gasteiger charge is 2.22. The Morgan fingerprint density at radius 3 is 2.23 bits per heavy atom. The molecule has 0 bridgehead atoms. The van der Waals surface area contributed by atoms with Gasteiger partial charge in [0.1, 0.15) is 30.0 Å². The molecular weight excluding hydrogens is 566 g/mol. The molecule has 5 N–H and O–H groups in total. The number of hydrogen-bond donors (Lipinski definition) is 4. The van der Waals surface area contributed by atoms with Crippen molar-refractivity contribution < 1.29 is 33.3 Å². The Hall–Kier alpha value is -4.61. The standard InChI is InChI=1S/C32H43N5O7/c1-4-41-29(38)13-10-22-6-7-24(31(34)35)18-28(22)43-20-25(19-30(39)42-5-2)36-32(40)23-8-11-26(12-9-23)44-27-14-16-37(17-15-27)21(3)33/h6-9,11-12,18,25,27,33H,4-5,10,13-17,19-20H2,1-3H3,(H3,34,35)(H,36,40)/t25-/m1/s1. The van der Waals surface area contributed by atoms with Gasteiger partial charge in [0.25, 0.3) is 5.91 Å². The van der Waals surface area contributed by atoms with Crippen molar-refractivity contribution in [1.82, 2.24) is 10.2 Å². The predicted molar refractivity (Wildman–Crippen MR) is 165 cm³/mol. The molecule has 1 amide bonds. The summed E-state index contributed by atoms with van der Waals surface area (Å²) in [5.41, 5.74) is 7.19. The molecule has 0 unspecified atom stereocenters. The van der Waals surface area contributed by atoms with E-state index in [9.17, 15) is 14.4 Å². The maximum atomic E-state index is 13.2. The second-order valence-electron chi connectivity index (χ2n) is 10.4. The number of benzene rings is 2. The number of likely N-dealkylation sites (tertiary alicyclic amines) is 1. The molecule has 0 radical (unpaired) electrons. The molecule has 238 valence electrons. The number of rotatable bonds is 15. The average molecular weight is 610 g/mol. The third-order valence-electron chi connectivity index (χ3n) is 7.11. The van der Waals surface area contributed by atoms with E-state index >= 15 is 0 Å². The van der Waals surface area contributed by atoms with Crippen molar-refractivity contribution in [3.8, 4) is 11.5 Å². The number of ether oxygens (including phenoxy) is 4. The Balaban J connectivity index is 1.67. The summed E-state index contributed by atoms with van der Waals surface area (Å²) < 4.78 is 22.3. The average Bonchev–Trinajstić information content (AvgIpc) is 2.99. The first-order chi connectivity index (χ1) is 21.1. The molecule has 2 aromatic rings. The molecule has 0 saturated carbocycles. The van der Waals surface area contributed by atoms with Crippen LogP contribution in [0.2, 0.25) is 0 Å². The van der Waals surface area contributed by atoms with Crippen molar-refractivity contribution in [2.24, 2.45) is 5.73 Å². The first-order valence-corrected chi connectivity index (χ1v) is 14.9. The van der Waals surface area contributed by atoms with Crippen LogP contribution in [0.5, 0.6) is 11.5 Å². The smallest absolute Gasteiger partial charge is 0.307 e. The Kier molecular flexibility index (Phi) is 13.0. The third kappa shape index (κ3) is 10.6. The van der Waals surface area contributed by atoms with Crippen molar-refractivity contribution >= 4 is 29.5 Å². The third-order valence-corrected chi connectivity index (χ3v) is 7.11. The molecule has 1 atom stereocenters. The van der Waals surface area contributed by atoms with E-state index in [1.807, 2.05) is 4.90 Å². The van der Waals surface area contributed by atoms with Crippen LogP contribution in [0.4, 0.5) is 0 Å². The fraction of sp³-hybridized carbons (Fsp3) is 0.469. The highest BCUT2D eigenvalue weighted by atomic mass is 16.5. The zero-order chi connectivity index (χ0) is 32.1. The highest BCUT2D eigenvalue weighted by molar-refractivity contribution is 5.95. The molecule has 1 aliphatic rings. The monoisotopic (exact) mass is 609 g/mol. The molecular formula is C32H43N5O7. The lowest BCUT2D eigenvalue weighted by Gasteiger charge is -2.32. The molecule has 1 heterocycles. The van der Waals surface area contributed by atoms with Gasteiger partial charge in [-0.15, -0.1) is 0 Å². The first-order valence-electron chi connectivity index (χ1n) is 14.9. The molecule has 44 heavy (non-hydrogen) atoms. The maximum absolute atomic E-state index is 13.2. The van der Waals surface area contributed by atoms with E-state index in [4.69, 9.17) is 35.5 Å². The van der Waals surface area contributed by atoms with Gasteiger partial charge in [0.2, 0.25) is 0 Å². The number of aryl methyl sites for hydroxylation is 1. The number of nitrogen functional groups attached to an aromatic ring is 1. The van der Waals surface area contributed by atoms with Crippen LogP contribution in [-0.4, -0.2) is 79.5 Å². The number of amidine groups is 2. The SMILES string of the molecule is CCOC(=O)CCc1ccc(C(=N)N)cc1OC[C@@H](CC(=O)OCC)NC(=O)c1ccc(OC2CCN(C(C)=N)CC2)cc1. The normalized spacial score (nSPS) is 13.8.